The highest BCUT2D eigenvalue weighted by atomic mass is 16.3. The molecule has 0 saturated carbocycles. The highest BCUT2D eigenvalue weighted by molar-refractivity contribution is 6.10. The molecule has 0 saturated heterocycles. The summed E-state index contributed by atoms with van der Waals surface area (Å²) in [5.74, 6) is 0.608. The van der Waals surface area contributed by atoms with Crippen LogP contribution in [0.3, 0.4) is 0 Å². The molecule has 0 spiro atoms. The SMILES string of the molecule is c1ccc2oc(-c3ccc4c5ccccc5n(-c5cc(-c6ccc(-n7cccc7)cn6)ccc5-n5cccc5)c4c3)nc2c1. The molecule has 0 bridgehead atoms. The Labute approximate surface area is 252 Å². The molecule has 0 N–H and O–H groups in total. The van der Waals surface area contributed by atoms with Gasteiger partial charge in [-0.2, -0.15) is 0 Å². The van der Waals surface area contributed by atoms with E-state index in [1.807, 2.05) is 55.0 Å². The molecule has 4 aromatic carbocycles. The van der Waals surface area contributed by atoms with Crippen molar-refractivity contribution in [2.24, 2.45) is 0 Å². The van der Waals surface area contributed by atoms with Crippen molar-refractivity contribution in [3.05, 3.63) is 152 Å². The van der Waals surface area contributed by atoms with Crippen molar-refractivity contribution in [1.82, 2.24) is 23.7 Å². The Hall–Kier alpha value is -6.14. The molecule has 0 aliphatic heterocycles. The van der Waals surface area contributed by atoms with Crippen molar-refractivity contribution in [3.63, 3.8) is 0 Å². The number of para-hydroxylation sites is 3. The Morgan fingerprint density at radius 2 is 1.30 bits per heavy atom. The van der Waals surface area contributed by atoms with Crippen molar-refractivity contribution in [2.45, 2.75) is 0 Å². The first-order valence-corrected chi connectivity index (χ1v) is 14.6. The van der Waals surface area contributed by atoms with E-state index in [4.69, 9.17) is 14.4 Å². The standard InChI is InChI=1S/C38H25N5O/c1-3-11-33-29(9-1)30-16-13-27(38-40-32-10-2-4-12-37(32)44-38)24-35(30)43(33)36-23-26(14-18-34(36)42-21-7-8-22-42)31-17-15-28(25-39-31)41-19-5-6-20-41/h1-25H. The van der Waals surface area contributed by atoms with Gasteiger partial charge in [0.25, 0.3) is 0 Å². The third-order valence-corrected chi connectivity index (χ3v) is 8.26. The summed E-state index contributed by atoms with van der Waals surface area (Å²) in [6.45, 7) is 0. The number of pyridine rings is 1. The molecule has 0 aliphatic rings. The molecular formula is C38H25N5O. The zero-order chi connectivity index (χ0) is 29.0. The highest BCUT2D eigenvalue weighted by Gasteiger charge is 2.19. The van der Waals surface area contributed by atoms with E-state index in [0.717, 1.165) is 56.0 Å². The van der Waals surface area contributed by atoms with Crippen LogP contribution in [0.15, 0.2) is 157 Å². The molecular weight excluding hydrogens is 542 g/mol. The monoisotopic (exact) mass is 567 g/mol. The molecule has 44 heavy (non-hydrogen) atoms. The Kier molecular flexibility index (Phi) is 5.40. The Bertz CT molecular complexity index is 2400. The van der Waals surface area contributed by atoms with Gasteiger partial charge in [-0.15, -0.1) is 0 Å². The van der Waals surface area contributed by atoms with Crippen molar-refractivity contribution in [2.75, 3.05) is 0 Å². The molecule has 0 amide bonds. The second kappa shape index (κ2) is 9.71. The summed E-state index contributed by atoms with van der Waals surface area (Å²) in [4.78, 5) is 9.65. The van der Waals surface area contributed by atoms with Crippen LogP contribution in [0.2, 0.25) is 0 Å². The minimum absolute atomic E-state index is 0.608. The van der Waals surface area contributed by atoms with Crippen LogP contribution in [-0.4, -0.2) is 23.7 Å². The molecule has 208 valence electrons. The van der Waals surface area contributed by atoms with Crippen molar-refractivity contribution >= 4 is 32.9 Å². The third-order valence-electron chi connectivity index (χ3n) is 8.26. The van der Waals surface area contributed by atoms with Crippen LogP contribution in [0, 0.1) is 0 Å². The van der Waals surface area contributed by atoms with E-state index in [1.165, 1.54) is 10.8 Å². The van der Waals surface area contributed by atoms with Gasteiger partial charge in [-0.1, -0.05) is 42.5 Å². The summed E-state index contributed by atoms with van der Waals surface area (Å²) in [6.07, 6.45) is 10.1. The number of aromatic nitrogens is 5. The van der Waals surface area contributed by atoms with Gasteiger partial charge in [-0.05, 0) is 78.9 Å². The average molecular weight is 568 g/mol. The van der Waals surface area contributed by atoms with Crippen molar-refractivity contribution in [3.8, 4) is 39.8 Å². The molecule has 0 unspecified atom stereocenters. The lowest BCUT2D eigenvalue weighted by atomic mass is 10.1. The minimum Gasteiger partial charge on any atom is -0.436 e. The summed E-state index contributed by atoms with van der Waals surface area (Å²) in [7, 11) is 0. The van der Waals surface area contributed by atoms with Crippen molar-refractivity contribution in [1.29, 1.82) is 0 Å². The molecule has 0 atom stereocenters. The summed E-state index contributed by atoms with van der Waals surface area (Å²) in [5, 5.41) is 2.35. The highest BCUT2D eigenvalue weighted by Crippen LogP contribution is 2.38. The molecule has 5 heterocycles. The molecule has 9 rings (SSSR count). The zero-order valence-electron chi connectivity index (χ0n) is 23.6. The predicted molar refractivity (Wildman–Crippen MR) is 176 cm³/mol. The fourth-order valence-corrected chi connectivity index (χ4v) is 6.15. The van der Waals surface area contributed by atoms with Gasteiger partial charge in [-0.3, -0.25) is 4.98 Å². The second-order valence-electron chi connectivity index (χ2n) is 10.9. The lowest BCUT2D eigenvalue weighted by Gasteiger charge is -2.17. The van der Waals surface area contributed by atoms with Gasteiger partial charge in [0, 0.05) is 46.7 Å². The smallest absolute Gasteiger partial charge is 0.227 e. The van der Waals surface area contributed by atoms with E-state index in [2.05, 4.69) is 111 Å². The molecule has 6 nitrogen and oxygen atoms in total. The predicted octanol–water partition coefficient (Wildman–Crippen LogP) is 9.24. The quantitative estimate of drug-likeness (QED) is 0.208. The molecule has 9 aromatic rings. The van der Waals surface area contributed by atoms with Crippen LogP contribution in [0.25, 0.3) is 72.7 Å². The van der Waals surface area contributed by atoms with Crippen LogP contribution in [-0.2, 0) is 0 Å². The van der Waals surface area contributed by atoms with Crippen LogP contribution < -0.4 is 0 Å². The number of nitrogens with zero attached hydrogens (tertiary/aromatic N) is 5. The lowest BCUT2D eigenvalue weighted by Crippen LogP contribution is -2.03. The number of oxazole rings is 1. The van der Waals surface area contributed by atoms with Gasteiger partial charge in [-0.25, -0.2) is 4.98 Å². The van der Waals surface area contributed by atoms with Gasteiger partial charge < -0.3 is 18.1 Å². The first kappa shape index (κ1) is 24.5. The van der Waals surface area contributed by atoms with E-state index in [9.17, 15) is 0 Å². The van der Waals surface area contributed by atoms with Crippen LogP contribution in [0.5, 0.6) is 0 Å². The van der Waals surface area contributed by atoms with E-state index in [1.54, 1.807) is 0 Å². The van der Waals surface area contributed by atoms with E-state index < -0.39 is 0 Å². The Balaban J connectivity index is 1.28. The third kappa shape index (κ3) is 3.89. The van der Waals surface area contributed by atoms with E-state index in [0.29, 0.717) is 5.89 Å². The van der Waals surface area contributed by atoms with Gasteiger partial charge in [0.15, 0.2) is 5.58 Å². The molecule has 6 heteroatoms. The second-order valence-corrected chi connectivity index (χ2v) is 10.9. The fourth-order valence-electron chi connectivity index (χ4n) is 6.15. The maximum Gasteiger partial charge on any atom is 0.227 e. The van der Waals surface area contributed by atoms with E-state index >= 15 is 0 Å². The zero-order valence-corrected chi connectivity index (χ0v) is 23.6. The largest absolute Gasteiger partial charge is 0.436 e. The molecule has 0 radical (unpaired) electrons. The van der Waals surface area contributed by atoms with E-state index in [-0.39, 0.29) is 0 Å². The molecule has 5 aromatic heterocycles. The fraction of sp³-hybridized carbons (Fsp3) is 0. The number of rotatable bonds is 5. The Morgan fingerprint density at radius 1 is 0.545 bits per heavy atom. The average Bonchev–Trinajstić information content (AvgIpc) is 3.90. The summed E-state index contributed by atoms with van der Waals surface area (Å²) >= 11 is 0. The van der Waals surface area contributed by atoms with Crippen LogP contribution >= 0.6 is 0 Å². The first-order chi connectivity index (χ1) is 21.8. The summed E-state index contributed by atoms with van der Waals surface area (Å²) in [5.41, 5.74) is 9.85. The maximum absolute atomic E-state index is 6.18. The van der Waals surface area contributed by atoms with Crippen molar-refractivity contribution < 1.29 is 4.42 Å². The molecule has 0 fully saturated rings. The lowest BCUT2D eigenvalue weighted by molar-refractivity contribution is 0.620. The van der Waals surface area contributed by atoms with Gasteiger partial charge in [0.05, 0.1) is 40.0 Å². The molecule has 0 aliphatic carbocycles. The maximum atomic E-state index is 6.18. The topological polar surface area (TPSA) is 53.7 Å². The summed E-state index contributed by atoms with van der Waals surface area (Å²) < 4.78 is 12.8. The first-order valence-electron chi connectivity index (χ1n) is 14.6. The minimum atomic E-state index is 0.608. The normalized spacial score (nSPS) is 11.6. The Morgan fingerprint density at radius 3 is 2.11 bits per heavy atom. The van der Waals surface area contributed by atoms with Crippen LogP contribution in [0.4, 0.5) is 0 Å². The number of benzene rings is 4. The number of hydrogen-bond acceptors (Lipinski definition) is 3. The van der Waals surface area contributed by atoms with Crippen LogP contribution in [0.1, 0.15) is 0 Å². The number of hydrogen-bond donors (Lipinski definition) is 0. The number of fused-ring (bicyclic) bond motifs is 4. The van der Waals surface area contributed by atoms with Gasteiger partial charge >= 0.3 is 0 Å². The van der Waals surface area contributed by atoms with Gasteiger partial charge in [0.2, 0.25) is 5.89 Å². The van der Waals surface area contributed by atoms with Gasteiger partial charge in [0.1, 0.15) is 5.52 Å². The summed E-state index contributed by atoms with van der Waals surface area (Å²) in [6, 6.07) is 41.8.